The van der Waals surface area contributed by atoms with Crippen molar-refractivity contribution in [3.8, 4) is 39.5 Å². The van der Waals surface area contributed by atoms with Crippen LogP contribution in [0, 0.1) is 37.2 Å². The molecule has 26 heteroatoms. The third kappa shape index (κ3) is 13.6. The number of aromatic nitrogens is 11. The second-order valence-corrected chi connectivity index (χ2v) is 23.6. The maximum absolute atomic E-state index is 14.6. The van der Waals surface area contributed by atoms with Gasteiger partial charge in [-0.15, -0.1) is 0 Å². The number of carbonyl (C=O) groups excluding carboxylic acids is 1. The molecule has 0 saturated heterocycles. The van der Waals surface area contributed by atoms with Crippen LogP contribution in [0.2, 0.25) is 0 Å². The summed E-state index contributed by atoms with van der Waals surface area (Å²) in [5, 5.41) is 9.60. The fraction of sp³-hybridized carbons (Fsp3) is 0.239. The highest BCUT2D eigenvalue weighted by atomic mass is 19.1. The number of allylic oxidation sites excluding steroid dienone is 4. The lowest BCUT2D eigenvalue weighted by molar-refractivity contribution is -0.113. The van der Waals surface area contributed by atoms with Crippen molar-refractivity contribution in [3.05, 3.63) is 231 Å². The smallest absolute Gasteiger partial charge is 0.288 e. The number of carbonyl (C=O) groups is 1. The van der Waals surface area contributed by atoms with Gasteiger partial charge in [0.1, 0.15) is 40.5 Å². The lowest BCUT2D eigenvalue weighted by Gasteiger charge is -2.13. The molecule has 0 saturated carbocycles. The Morgan fingerprint density at radius 1 is 0.546 bits per heavy atom. The molecule has 15 rings (SSSR count). The number of ketones is 1. The van der Waals surface area contributed by atoms with Gasteiger partial charge in [0, 0.05) is 140 Å². The molecule has 0 spiro atoms. The predicted molar refractivity (Wildman–Crippen MR) is 359 cm³/mol. The number of nitrogens with one attached hydrogen (secondary N) is 3. The number of nitrogens with zero attached hydrogens (tertiary/aromatic N) is 16. The Morgan fingerprint density at radius 2 is 0.990 bits per heavy atom. The van der Waals surface area contributed by atoms with Crippen molar-refractivity contribution < 1.29 is 32.2 Å². The van der Waals surface area contributed by atoms with Crippen LogP contribution in [0.5, 0.6) is 17.2 Å². The van der Waals surface area contributed by atoms with Crippen molar-refractivity contribution in [1.29, 1.82) is 0 Å². The van der Waals surface area contributed by atoms with E-state index in [0.717, 1.165) is 57.8 Å². The van der Waals surface area contributed by atoms with Gasteiger partial charge in [0.05, 0.1) is 43.1 Å². The quantitative estimate of drug-likeness (QED) is 0.0722. The molecule has 10 heterocycles. The number of hydrogen-bond donors (Lipinski definition) is 3. The van der Waals surface area contributed by atoms with Crippen molar-refractivity contribution in [3.63, 3.8) is 0 Å². The minimum Gasteiger partial charge on any atom is -0.493 e. The van der Waals surface area contributed by atoms with Crippen molar-refractivity contribution in [2.45, 2.75) is 58.3 Å². The highest BCUT2D eigenvalue weighted by molar-refractivity contribution is 6.03. The van der Waals surface area contributed by atoms with E-state index in [1.54, 1.807) is 93.1 Å². The van der Waals surface area contributed by atoms with Gasteiger partial charge in [0.25, 0.3) is 17.5 Å². The Kier molecular flexibility index (Phi) is 18.3. The number of rotatable bonds is 17. The van der Waals surface area contributed by atoms with E-state index >= 15 is 0 Å². The van der Waals surface area contributed by atoms with Crippen LogP contribution in [0.3, 0.4) is 0 Å². The average molecular weight is 1300 g/mol. The number of imidazole rings is 3. The molecule has 0 bridgehead atoms. The molecule has 97 heavy (non-hydrogen) atoms. The normalized spacial score (nSPS) is 13.3. The standard InChI is InChI=1S/C26H25FN6O.C23H21FN8O.C22H16FN5O2/c1-28-24-16-33-25(31-24)20(18-6-4-5-17(13-18)9-11-32(2)3)14-29-26(33)30-15-21-19-10-12-34-23(19)8-7-22(21)27;1-25-20-13-32-22(30-20)16(14-8-26-21(27-9-14)12-31(2)3)10-28-23(32)29-11-17-15-6-7-33-19(15)5-4-18(17)24;1-24-20-12-28-21(27-20)16(13-3-2-4-14(29)9-13)10-25-22(28)26-11-17-15-7-8-30-19(15)6-5-18(17)23/h4-8,13-14,16H,9-12,15H2,2-3H3,(H,29,30);4-5,8-10,13H,6-7,11-12H2,2-3H3,(H,28,29);2-3,5-6,9-10,12H,4,7-8,11H2,(H,25,26). The van der Waals surface area contributed by atoms with Gasteiger partial charge in [0.2, 0.25) is 34.8 Å². The van der Waals surface area contributed by atoms with Gasteiger partial charge in [-0.05, 0) is 93.8 Å². The van der Waals surface area contributed by atoms with E-state index in [2.05, 4.69) is 101 Å². The van der Waals surface area contributed by atoms with Gasteiger partial charge < -0.3 is 54.5 Å². The second kappa shape index (κ2) is 27.9. The average Bonchev–Trinajstić information content (AvgIpc) is 1.70. The topological polar surface area (TPSA) is 217 Å². The molecule has 0 unspecified atom stereocenters. The third-order valence-corrected chi connectivity index (χ3v) is 16.7. The maximum atomic E-state index is 14.6. The lowest BCUT2D eigenvalue weighted by Crippen LogP contribution is -2.15. The van der Waals surface area contributed by atoms with E-state index in [1.165, 1.54) is 23.8 Å². The summed E-state index contributed by atoms with van der Waals surface area (Å²) in [4.78, 5) is 62.1. The molecular weight excluding hydrogens is 1240 g/mol. The Hall–Kier alpha value is -12.1. The van der Waals surface area contributed by atoms with Crippen LogP contribution in [0.4, 0.5) is 48.5 Å². The molecule has 0 atom stereocenters. The Bertz CT molecular complexity index is 5080. The van der Waals surface area contributed by atoms with Crippen molar-refractivity contribution >= 4 is 63.6 Å². The van der Waals surface area contributed by atoms with Crippen molar-refractivity contribution in [2.24, 2.45) is 0 Å². The maximum Gasteiger partial charge on any atom is 0.288 e. The van der Waals surface area contributed by atoms with E-state index in [9.17, 15) is 18.0 Å². The fourth-order valence-electron chi connectivity index (χ4n) is 11.9. The van der Waals surface area contributed by atoms with Gasteiger partial charge in [-0.2, -0.15) is 0 Å². The highest BCUT2D eigenvalue weighted by Crippen LogP contribution is 2.36. The van der Waals surface area contributed by atoms with Gasteiger partial charge in [-0.1, -0.05) is 71.1 Å². The number of fused-ring (bicyclic) bond motifs is 6. The first-order valence-corrected chi connectivity index (χ1v) is 31.1. The van der Waals surface area contributed by atoms with E-state index in [4.69, 9.17) is 33.9 Å². The van der Waals surface area contributed by atoms with Crippen LogP contribution >= 0.6 is 0 Å². The van der Waals surface area contributed by atoms with Crippen molar-refractivity contribution in [1.82, 2.24) is 62.9 Å². The highest BCUT2D eigenvalue weighted by Gasteiger charge is 2.26. The molecular formula is C71H62F3N19O4. The number of halogens is 3. The largest absolute Gasteiger partial charge is 0.493 e. The first kappa shape index (κ1) is 63.7. The molecule has 11 aromatic rings. The zero-order valence-electron chi connectivity index (χ0n) is 53.2. The van der Waals surface area contributed by atoms with Crippen LogP contribution in [0.1, 0.15) is 56.8 Å². The lowest BCUT2D eigenvalue weighted by atomic mass is 10.0. The van der Waals surface area contributed by atoms with Gasteiger partial charge >= 0.3 is 0 Å². The summed E-state index contributed by atoms with van der Waals surface area (Å²) in [5.41, 5.74) is 11.8. The monoisotopic (exact) mass is 1300 g/mol. The van der Waals surface area contributed by atoms with E-state index in [1.807, 2.05) is 37.2 Å². The molecule has 23 nitrogen and oxygen atoms in total. The summed E-state index contributed by atoms with van der Waals surface area (Å²) in [7, 11) is 8.02. The summed E-state index contributed by atoms with van der Waals surface area (Å²) < 4.78 is 65.3. The van der Waals surface area contributed by atoms with Crippen molar-refractivity contribution in [2.75, 3.05) is 70.5 Å². The molecule has 7 aromatic heterocycles. The Morgan fingerprint density at radius 3 is 1.42 bits per heavy atom. The van der Waals surface area contributed by atoms with Crippen LogP contribution in [0.25, 0.3) is 59.3 Å². The van der Waals surface area contributed by atoms with E-state index in [0.29, 0.717) is 132 Å². The van der Waals surface area contributed by atoms with Gasteiger partial charge in [-0.25, -0.2) is 38.1 Å². The summed E-state index contributed by atoms with van der Waals surface area (Å²) in [6.45, 7) is 26.1. The Balaban J connectivity index is 0.000000131. The summed E-state index contributed by atoms with van der Waals surface area (Å²) in [5.74, 6) is 4.11. The molecule has 0 amide bonds. The van der Waals surface area contributed by atoms with Gasteiger partial charge in [0.15, 0.2) is 5.78 Å². The molecule has 486 valence electrons. The number of anilines is 3. The summed E-state index contributed by atoms with van der Waals surface area (Å²) in [6.07, 6.45) is 21.8. The first-order chi connectivity index (χ1) is 47.2. The molecule has 4 aliphatic rings. The summed E-state index contributed by atoms with van der Waals surface area (Å²) in [6, 6.07) is 17.6. The van der Waals surface area contributed by atoms with Crippen LogP contribution in [-0.4, -0.2) is 123 Å². The van der Waals surface area contributed by atoms with Crippen LogP contribution in [-0.2, 0) is 56.7 Å². The number of ether oxygens (including phenoxy) is 3. The predicted octanol–water partition coefficient (Wildman–Crippen LogP) is 12.1. The first-order valence-electron chi connectivity index (χ1n) is 31.1. The second-order valence-electron chi connectivity index (χ2n) is 23.6. The Labute approximate surface area is 555 Å². The van der Waals surface area contributed by atoms with Gasteiger partial charge in [-0.3, -0.25) is 18.0 Å². The van der Waals surface area contributed by atoms with E-state index in [-0.39, 0.29) is 60.3 Å². The number of benzene rings is 4. The molecule has 3 N–H and O–H groups in total. The molecule has 1 aliphatic carbocycles. The molecule has 4 aromatic carbocycles. The minimum absolute atomic E-state index is 0.000405. The van der Waals surface area contributed by atoms with Crippen LogP contribution in [0.15, 0.2) is 128 Å². The molecule has 3 aliphatic heterocycles. The number of hydrogen-bond acceptors (Lipinski definition) is 17. The molecule has 0 fully saturated rings. The van der Waals surface area contributed by atoms with E-state index < -0.39 is 0 Å². The fourth-order valence-corrected chi connectivity index (χ4v) is 11.9. The minimum atomic E-state index is -0.303. The SMILES string of the molecule is [C-]#[N+]c1cn2c(NCc3c(F)ccc4c3CCO4)ncc(-c3cccc(CCN(C)C)c3)c2n1.[C-]#[N+]c1cn2c(NCc3c(F)ccc4c3CCO4)ncc(-c3cnc(CN(C)C)nc3)c2n1.[C-]#[N+]c1cn2c(NCc3c(F)ccc4c3CCO4)ncc(C3=CC(=O)CC=C3)c2n1. The number of likely N-dealkylation sites (N-methyl/N-ethyl adjacent to an activating group) is 1. The zero-order valence-corrected chi connectivity index (χ0v) is 53.2. The summed E-state index contributed by atoms with van der Waals surface area (Å²) >= 11 is 0. The third-order valence-electron chi connectivity index (χ3n) is 16.7. The molecule has 0 radical (unpaired) electrons. The zero-order chi connectivity index (χ0) is 67.3. The van der Waals surface area contributed by atoms with Crippen LogP contribution < -0.4 is 30.2 Å².